The first kappa shape index (κ1) is 46.1. The van der Waals surface area contributed by atoms with Gasteiger partial charge in [0.05, 0.1) is 27.5 Å². The number of benzene rings is 12. The Morgan fingerprint density at radius 3 is 0.987 bits per heavy atom. The van der Waals surface area contributed by atoms with Gasteiger partial charge < -0.3 is 9.13 Å². The first-order valence-corrected chi connectivity index (χ1v) is 27.3. The molecule has 0 saturated carbocycles. The molecule has 0 spiro atoms. The zero-order valence-corrected chi connectivity index (χ0v) is 43.4. The Balaban J connectivity index is 0.737. The van der Waals surface area contributed by atoms with E-state index in [1.807, 2.05) is 0 Å². The van der Waals surface area contributed by atoms with Crippen molar-refractivity contribution in [3.63, 3.8) is 0 Å². The van der Waals surface area contributed by atoms with E-state index < -0.39 is 5.41 Å². The van der Waals surface area contributed by atoms with Gasteiger partial charge in [0.25, 0.3) is 0 Å². The highest BCUT2D eigenvalue weighted by atomic mass is 15.0. The summed E-state index contributed by atoms with van der Waals surface area (Å²) in [5.74, 6) is 0. The Bertz CT molecular complexity index is 4350. The molecule has 370 valence electrons. The minimum Gasteiger partial charge on any atom is -0.309 e. The number of para-hydroxylation sites is 4. The van der Waals surface area contributed by atoms with E-state index in [0.29, 0.717) is 0 Å². The molecule has 0 bridgehead atoms. The zero-order chi connectivity index (χ0) is 52.3. The number of fused-ring (bicyclic) bond motifs is 9. The summed E-state index contributed by atoms with van der Waals surface area (Å²) in [6, 6.07) is 107. The third kappa shape index (κ3) is 7.79. The monoisotopic (exact) mass is 1000 g/mol. The van der Waals surface area contributed by atoms with Crippen molar-refractivity contribution in [2.45, 2.75) is 5.41 Å². The van der Waals surface area contributed by atoms with Crippen LogP contribution >= 0.6 is 0 Å². The summed E-state index contributed by atoms with van der Waals surface area (Å²) in [6.45, 7) is 0. The van der Waals surface area contributed by atoms with E-state index in [9.17, 15) is 0 Å². The maximum absolute atomic E-state index is 2.43. The summed E-state index contributed by atoms with van der Waals surface area (Å²) in [4.78, 5) is 0. The number of nitrogens with zero attached hydrogens (tertiary/aromatic N) is 2. The Hall–Kier alpha value is -10.3. The van der Waals surface area contributed by atoms with Gasteiger partial charge in [0.15, 0.2) is 0 Å². The summed E-state index contributed by atoms with van der Waals surface area (Å²) in [5, 5.41) is 5.03. The summed E-state index contributed by atoms with van der Waals surface area (Å²) >= 11 is 0. The van der Waals surface area contributed by atoms with Crippen LogP contribution in [0.25, 0.3) is 113 Å². The molecule has 1 aliphatic rings. The van der Waals surface area contributed by atoms with E-state index >= 15 is 0 Å². The fourth-order valence-corrected chi connectivity index (χ4v) is 12.7. The Kier molecular flexibility index (Phi) is 11.1. The van der Waals surface area contributed by atoms with Crippen molar-refractivity contribution in [2.75, 3.05) is 0 Å². The average Bonchev–Trinajstić information content (AvgIpc) is 4.27. The molecule has 0 unspecified atom stereocenters. The normalized spacial score (nSPS) is 12.8. The highest BCUT2D eigenvalue weighted by Crippen LogP contribution is 2.56. The van der Waals surface area contributed by atoms with Crippen LogP contribution in [0.4, 0.5) is 0 Å². The topological polar surface area (TPSA) is 9.86 Å². The van der Waals surface area contributed by atoms with Gasteiger partial charge in [-0.2, -0.15) is 0 Å². The fourth-order valence-electron chi connectivity index (χ4n) is 12.7. The van der Waals surface area contributed by atoms with Crippen LogP contribution in [0.3, 0.4) is 0 Å². The van der Waals surface area contributed by atoms with Gasteiger partial charge in [-0.1, -0.05) is 243 Å². The second-order valence-corrected chi connectivity index (χ2v) is 20.8. The number of rotatable bonds is 10. The molecule has 15 rings (SSSR count). The van der Waals surface area contributed by atoms with Crippen molar-refractivity contribution < 1.29 is 0 Å². The van der Waals surface area contributed by atoms with Gasteiger partial charge in [0.1, 0.15) is 0 Å². The van der Waals surface area contributed by atoms with E-state index in [4.69, 9.17) is 0 Å². The number of hydrogen-bond donors (Lipinski definition) is 0. The lowest BCUT2D eigenvalue weighted by Gasteiger charge is -2.34. The van der Waals surface area contributed by atoms with Gasteiger partial charge >= 0.3 is 0 Å². The molecule has 12 aromatic carbocycles. The molecule has 2 nitrogen and oxygen atoms in total. The predicted octanol–water partition coefficient (Wildman–Crippen LogP) is 19.9. The van der Waals surface area contributed by atoms with Crippen molar-refractivity contribution in [2.24, 2.45) is 0 Å². The quantitative estimate of drug-likeness (QED) is 0.121. The second-order valence-electron chi connectivity index (χ2n) is 20.8. The zero-order valence-electron chi connectivity index (χ0n) is 43.4. The SMILES string of the molecule is C(=C\c1ccc2c(c1)C(c1ccccc1)(c1ccccc1)c1cc(/C=C/c3ccc(-c4ccc5c(c4)c4ccccc4n5-c4ccccc4)cc3)ccc1-2)/c1ccc(-c2ccc3c(c2)c2ccccc2n3-c2ccccc2)cc1. The van der Waals surface area contributed by atoms with Crippen LogP contribution in [0.2, 0.25) is 0 Å². The second kappa shape index (κ2) is 19.1. The van der Waals surface area contributed by atoms with E-state index in [0.717, 1.165) is 22.3 Å². The molecule has 0 amide bonds. The minimum atomic E-state index is -0.535. The molecule has 79 heavy (non-hydrogen) atoms. The third-order valence-electron chi connectivity index (χ3n) is 16.4. The lowest BCUT2D eigenvalue weighted by Crippen LogP contribution is -2.28. The van der Waals surface area contributed by atoms with Gasteiger partial charge in [-0.15, -0.1) is 0 Å². The van der Waals surface area contributed by atoms with Gasteiger partial charge in [0.2, 0.25) is 0 Å². The molecule has 0 saturated heterocycles. The molecule has 1 aliphatic carbocycles. The molecule has 14 aromatic rings. The molecule has 0 atom stereocenters. The molecule has 2 aromatic heterocycles. The highest BCUT2D eigenvalue weighted by Gasteiger charge is 2.46. The van der Waals surface area contributed by atoms with Gasteiger partial charge in [0, 0.05) is 32.9 Å². The number of hydrogen-bond acceptors (Lipinski definition) is 0. The van der Waals surface area contributed by atoms with Crippen molar-refractivity contribution in [1.82, 2.24) is 9.13 Å². The summed E-state index contributed by atoms with van der Waals surface area (Å²) in [6.07, 6.45) is 9.03. The van der Waals surface area contributed by atoms with Gasteiger partial charge in [-0.25, -0.2) is 0 Å². The van der Waals surface area contributed by atoms with Crippen LogP contribution in [0.5, 0.6) is 0 Å². The molecule has 2 heterocycles. The van der Waals surface area contributed by atoms with E-state index in [-0.39, 0.29) is 0 Å². The van der Waals surface area contributed by atoms with Crippen molar-refractivity contribution in [3.8, 4) is 44.8 Å². The van der Waals surface area contributed by atoms with Crippen LogP contribution in [0.15, 0.2) is 291 Å². The molecular weight excluding hydrogens is 953 g/mol. The Labute approximate surface area is 460 Å². The van der Waals surface area contributed by atoms with Crippen LogP contribution in [0, 0.1) is 0 Å². The van der Waals surface area contributed by atoms with E-state index in [1.54, 1.807) is 0 Å². The smallest absolute Gasteiger partial charge is 0.0713 e. The third-order valence-corrected chi connectivity index (χ3v) is 16.4. The summed E-state index contributed by atoms with van der Waals surface area (Å²) < 4.78 is 4.74. The molecule has 0 radical (unpaired) electrons. The van der Waals surface area contributed by atoms with Crippen LogP contribution < -0.4 is 0 Å². The minimum absolute atomic E-state index is 0.535. The first-order chi connectivity index (χ1) is 39.2. The van der Waals surface area contributed by atoms with E-state index in [1.165, 1.54) is 111 Å². The molecule has 2 heteroatoms. The van der Waals surface area contributed by atoms with Crippen molar-refractivity contribution in [3.05, 3.63) is 336 Å². The largest absolute Gasteiger partial charge is 0.309 e. The molecule has 0 N–H and O–H groups in total. The van der Waals surface area contributed by atoms with E-state index in [2.05, 4.69) is 325 Å². The Morgan fingerprint density at radius 1 is 0.241 bits per heavy atom. The summed E-state index contributed by atoms with van der Waals surface area (Å²) in [5.41, 5.74) is 23.7. The van der Waals surface area contributed by atoms with Gasteiger partial charge in [-0.3, -0.25) is 0 Å². The summed E-state index contributed by atoms with van der Waals surface area (Å²) in [7, 11) is 0. The maximum Gasteiger partial charge on any atom is 0.0713 e. The highest BCUT2D eigenvalue weighted by molar-refractivity contribution is 6.11. The van der Waals surface area contributed by atoms with Crippen molar-refractivity contribution in [1.29, 1.82) is 0 Å². The average molecular weight is 1010 g/mol. The van der Waals surface area contributed by atoms with Gasteiger partial charge in [-0.05, 0) is 151 Å². The molecular formula is C77H52N2. The van der Waals surface area contributed by atoms with Crippen LogP contribution in [-0.2, 0) is 5.41 Å². The lowest BCUT2D eigenvalue weighted by atomic mass is 9.67. The molecule has 0 fully saturated rings. The molecule has 0 aliphatic heterocycles. The standard InChI is InChI=1S/C77H52N2/c1-5-17-61(18-6-1)77(62-19-7-2-8-20-62)71-49-55(31-29-53-33-39-57(40-34-53)59-43-47-75-69(51-59)67-25-13-15-27-73(67)78(75)63-21-9-3-10-22-63)37-45-65(71)66-46-38-56(50-72(66)77)32-30-54-35-41-58(42-36-54)60-44-48-76-70(52-60)68-26-14-16-28-74(68)79(76)64-23-11-4-12-24-64/h1-52H/b31-29+,32-30+. The van der Waals surface area contributed by atoms with Crippen molar-refractivity contribution >= 4 is 67.9 Å². The number of aromatic nitrogens is 2. The predicted molar refractivity (Wildman–Crippen MR) is 334 cm³/mol. The van der Waals surface area contributed by atoms with Crippen LogP contribution in [-0.4, -0.2) is 9.13 Å². The maximum atomic E-state index is 2.43. The fraction of sp³-hybridized carbons (Fsp3) is 0.0130. The first-order valence-electron chi connectivity index (χ1n) is 27.3. The van der Waals surface area contributed by atoms with Crippen LogP contribution in [0.1, 0.15) is 44.5 Å². The lowest BCUT2D eigenvalue weighted by molar-refractivity contribution is 0.768. The Morgan fingerprint density at radius 2 is 0.570 bits per heavy atom.